The largest absolute Gasteiger partial charge is 0.381 e. The first-order valence-corrected chi connectivity index (χ1v) is 11.1. The molecule has 0 spiro atoms. The topological polar surface area (TPSA) is 63.1 Å². The number of carbonyl (C=O) groups excluding carboxylic acids is 1. The minimum atomic E-state index is 0.217. The number of para-hydroxylation sites is 1. The maximum Gasteiger partial charge on any atom is 0.227 e. The van der Waals surface area contributed by atoms with Gasteiger partial charge in [0.25, 0.3) is 0 Å². The van der Waals surface area contributed by atoms with Crippen LogP contribution in [0, 0.1) is 6.92 Å². The molecular weight excluding hydrogens is 376 g/mol. The fourth-order valence-corrected chi connectivity index (χ4v) is 5.14. The van der Waals surface area contributed by atoms with Gasteiger partial charge in [-0.05, 0) is 44.2 Å². The Kier molecular flexibility index (Phi) is 5.34. The highest BCUT2D eigenvalue weighted by atomic mass is 16.5. The molecule has 0 radical (unpaired) electrons. The summed E-state index contributed by atoms with van der Waals surface area (Å²) < 4.78 is 7.97. The molecule has 0 bridgehead atoms. The molecule has 2 aliphatic heterocycles. The van der Waals surface area contributed by atoms with Gasteiger partial charge in [0, 0.05) is 61.2 Å². The number of hydrogen-bond donors (Lipinski definition) is 1. The second-order valence-electron chi connectivity index (χ2n) is 8.69. The van der Waals surface area contributed by atoms with Crippen LogP contribution < -0.4 is 0 Å². The third-order valence-electron chi connectivity index (χ3n) is 6.73. The number of fused-ring (bicyclic) bond motifs is 1. The Bertz CT molecular complexity index is 1030. The Morgan fingerprint density at radius 2 is 2.07 bits per heavy atom. The number of piperidine rings is 1. The fourth-order valence-electron chi connectivity index (χ4n) is 5.14. The van der Waals surface area contributed by atoms with Gasteiger partial charge in [0.1, 0.15) is 5.82 Å². The summed E-state index contributed by atoms with van der Waals surface area (Å²) in [6, 6.07) is 8.50. The van der Waals surface area contributed by atoms with Gasteiger partial charge in [-0.3, -0.25) is 4.79 Å². The maximum absolute atomic E-state index is 13.2. The van der Waals surface area contributed by atoms with E-state index < -0.39 is 0 Å². The Labute approximate surface area is 177 Å². The number of carbonyl (C=O) groups is 1. The molecule has 0 aliphatic carbocycles. The molecule has 0 saturated carbocycles. The second-order valence-corrected chi connectivity index (χ2v) is 8.69. The summed E-state index contributed by atoms with van der Waals surface area (Å²) in [5, 5.41) is 1.15. The van der Waals surface area contributed by atoms with Gasteiger partial charge in [-0.15, -0.1) is 0 Å². The summed E-state index contributed by atoms with van der Waals surface area (Å²) in [5.74, 6) is 1.87. The van der Waals surface area contributed by atoms with Crippen molar-refractivity contribution in [1.82, 2.24) is 19.4 Å². The first kappa shape index (κ1) is 19.4. The molecule has 4 heterocycles. The van der Waals surface area contributed by atoms with Gasteiger partial charge < -0.3 is 19.2 Å². The van der Waals surface area contributed by atoms with E-state index >= 15 is 0 Å². The minimum Gasteiger partial charge on any atom is -0.381 e. The van der Waals surface area contributed by atoms with E-state index in [0.29, 0.717) is 18.4 Å². The average Bonchev–Trinajstić information content (AvgIpc) is 3.38. The van der Waals surface area contributed by atoms with Gasteiger partial charge in [0.2, 0.25) is 5.91 Å². The van der Waals surface area contributed by atoms with E-state index in [0.717, 1.165) is 68.5 Å². The predicted octanol–water partition coefficient (Wildman–Crippen LogP) is 3.97. The number of hydrogen-bond acceptors (Lipinski definition) is 3. The number of imidazole rings is 1. The summed E-state index contributed by atoms with van der Waals surface area (Å²) in [6.45, 7) is 5.39. The Hall–Kier alpha value is -2.60. The molecule has 1 aromatic carbocycles. The van der Waals surface area contributed by atoms with E-state index in [4.69, 9.17) is 9.72 Å². The SMILES string of the molecule is Cc1cnc(C2CCOCC2)n1C1CCCN(C(=O)Cc2c[nH]c3ccccc23)C1. The van der Waals surface area contributed by atoms with E-state index in [-0.39, 0.29) is 5.91 Å². The van der Waals surface area contributed by atoms with Gasteiger partial charge in [0.05, 0.1) is 12.5 Å². The molecular formula is C24H30N4O2. The Morgan fingerprint density at radius 3 is 2.93 bits per heavy atom. The molecule has 2 aliphatic rings. The highest BCUT2D eigenvalue weighted by molar-refractivity contribution is 5.88. The van der Waals surface area contributed by atoms with E-state index in [1.54, 1.807) is 0 Å². The molecule has 2 aromatic heterocycles. The summed E-state index contributed by atoms with van der Waals surface area (Å²) in [4.78, 5) is 23.3. The van der Waals surface area contributed by atoms with Crippen LogP contribution in [-0.4, -0.2) is 51.6 Å². The van der Waals surface area contributed by atoms with E-state index in [1.165, 1.54) is 11.5 Å². The van der Waals surface area contributed by atoms with Gasteiger partial charge >= 0.3 is 0 Å². The van der Waals surface area contributed by atoms with E-state index in [1.807, 2.05) is 24.5 Å². The van der Waals surface area contributed by atoms with Crippen LogP contribution in [-0.2, 0) is 16.0 Å². The lowest BCUT2D eigenvalue weighted by atomic mass is 9.97. The summed E-state index contributed by atoms with van der Waals surface area (Å²) >= 11 is 0. The third kappa shape index (κ3) is 3.65. The number of nitrogens with zero attached hydrogens (tertiary/aromatic N) is 3. The number of amides is 1. The number of rotatable bonds is 4. The number of nitrogens with one attached hydrogen (secondary N) is 1. The van der Waals surface area contributed by atoms with Crippen molar-refractivity contribution in [3.05, 3.63) is 53.7 Å². The normalized spacial score (nSPS) is 20.7. The predicted molar refractivity (Wildman–Crippen MR) is 117 cm³/mol. The molecule has 5 rings (SSSR count). The van der Waals surface area contributed by atoms with Gasteiger partial charge in [-0.25, -0.2) is 4.98 Å². The summed E-state index contributed by atoms with van der Waals surface area (Å²) in [7, 11) is 0. The number of aromatic amines is 1. The first-order chi connectivity index (χ1) is 14.7. The van der Waals surface area contributed by atoms with Crippen molar-refractivity contribution in [2.24, 2.45) is 0 Å². The second kappa shape index (κ2) is 8.26. The van der Waals surface area contributed by atoms with Crippen LogP contribution in [0.25, 0.3) is 10.9 Å². The van der Waals surface area contributed by atoms with Gasteiger partial charge in [-0.2, -0.15) is 0 Å². The average molecular weight is 407 g/mol. The Balaban J connectivity index is 1.33. The van der Waals surface area contributed by atoms with Crippen LogP contribution in [0.15, 0.2) is 36.7 Å². The van der Waals surface area contributed by atoms with Crippen LogP contribution in [0.2, 0.25) is 0 Å². The lowest BCUT2D eigenvalue weighted by molar-refractivity contribution is -0.132. The highest BCUT2D eigenvalue weighted by Gasteiger charge is 2.30. The van der Waals surface area contributed by atoms with Crippen molar-refractivity contribution < 1.29 is 9.53 Å². The molecule has 2 fully saturated rings. The van der Waals surface area contributed by atoms with E-state index in [2.05, 4.69) is 33.5 Å². The molecule has 2 saturated heterocycles. The number of benzene rings is 1. The summed E-state index contributed by atoms with van der Waals surface area (Å²) in [5.41, 5.74) is 3.37. The number of likely N-dealkylation sites (tertiary alicyclic amines) is 1. The molecule has 6 heteroatoms. The van der Waals surface area contributed by atoms with Crippen molar-refractivity contribution in [1.29, 1.82) is 0 Å². The molecule has 6 nitrogen and oxygen atoms in total. The summed E-state index contributed by atoms with van der Waals surface area (Å²) in [6.07, 6.45) is 8.63. The molecule has 1 amide bonds. The van der Waals surface area contributed by atoms with Crippen LogP contribution in [0.4, 0.5) is 0 Å². The van der Waals surface area contributed by atoms with Crippen molar-refractivity contribution in [2.45, 2.75) is 51.0 Å². The molecule has 158 valence electrons. The Morgan fingerprint density at radius 1 is 1.23 bits per heavy atom. The van der Waals surface area contributed by atoms with E-state index in [9.17, 15) is 4.79 Å². The van der Waals surface area contributed by atoms with Crippen LogP contribution in [0.1, 0.15) is 54.7 Å². The zero-order chi connectivity index (χ0) is 20.5. The van der Waals surface area contributed by atoms with Crippen molar-refractivity contribution >= 4 is 16.8 Å². The quantitative estimate of drug-likeness (QED) is 0.713. The lowest BCUT2D eigenvalue weighted by Gasteiger charge is -2.36. The monoisotopic (exact) mass is 406 g/mol. The zero-order valence-electron chi connectivity index (χ0n) is 17.6. The number of aromatic nitrogens is 3. The number of aryl methyl sites for hydroxylation is 1. The van der Waals surface area contributed by atoms with Crippen molar-refractivity contribution in [3.63, 3.8) is 0 Å². The molecule has 1 unspecified atom stereocenters. The zero-order valence-corrected chi connectivity index (χ0v) is 17.6. The third-order valence-corrected chi connectivity index (χ3v) is 6.73. The number of ether oxygens (including phenoxy) is 1. The molecule has 3 aromatic rings. The fraction of sp³-hybridized carbons (Fsp3) is 0.500. The van der Waals surface area contributed by atoms with Crippen LogP contribution in [0.5, 0.6) is 0 Å². The van der Waals surface area contributed by atoms with Gasteiger partial charge in [-0.1, -0.05) is 18.2 Å². The first-order valence-electron chi connectivity index (χ1n) is 11.1. The molecule has 1 N–H and O–H groups in total. The minimum absolute atomic E-state index is 0.217. The van der Waals surface area contributed by atoms with Crippen LogP contribution in [0.3, 0.4) is 0 Å². The molecule has 1 atom stereocenters. The number of H-pyrrole nitrogens is 1. The van der Waals surface area contributed by atoms with Crippen molar-refractivity contribution in [3.8, 4) is 0 Å². The lowest BCUT2D eigenvalue weighted by Crippen LogP contribution is -2.42. The standard InChI is InChI=1S/C24H30N4O2/c1-17-14-26-24(18-8-11-30-12-9-18)28(17)20-5-4-10-27(16-20)23(29)13-19-15-25-22-7-3-2-6-21(19)22/h2-3,6-7,14-15,18,20,25H,4-5,8-13,16H2,1H3. The van der Waals surface area contributed by atoms with Crippen molar-refractivity contribution in [2.75, 3.05) is 26.3 Å². The molecule has 30 heavy (non-hydrogen) atoms. The highest BCUT2D eigenvalue weighted by Crippen LogP contribution is 2.32. The maximum atomic E-state index is 13.2. The smallest absolute Gasteiger partial charge is 0.227 e. The van der Waals surface area contributed by atoms with Gasteiger partial charge in [0.15, 0.2) is 0 Å². The van der Waals surface area contributed by atoms with Crippen LogP contribution >= 0.6 is 0 Å².